The number of rotatable bonds is 6. The first-order valence-electron chi connectivity index (χ1n) is 9.61. The van der Waals surface area contributed by atoms with Gasteiger partial charge in [-0.15, -0.1) is 0 Å². The van der Waals surface area contributed by atoms with Crippen molar-refractivity contribution in [2.75, 3.05) is 18.5 Å². The highest BCUT2D eigenvalue weighted by Gasteiger charge is 2.25. The second-order valence-electron chi connectivity index (χ2n) is 7.31. The SMILES string of the molecule is OCCCC1CNc2c(c(-c3ccc(Cl)cc3)cn2Cc2ccccc2)C1. The summed E-state index contributed by atoms with van der Waals surface area (Å²) in [6.07, 6.45) is 5.22. The summed E-state index contributed by atoms with van der Waals surface area (Å²) in [5.41, 5.74) is 5.15. The van der Waals surface area contributed by atoms with Crippen molar-refractivity contribution in [3.63, 3.8) is 0 Å². The number of aromatic nitrogens is 1. The molecule has 2 heterocycles. The lowest BCUT2D eigenvalue weighted by molar-refractivity contribution is 0.271. The number of nitrogens with zero attached hydrogens (tertiary/aromatic N) is 1. The molecule has 1 aliphatic rings. The fraction of sp³-hybridized carbons (Fsp3) is 0.304. The third-order valence-electron chi connectivity index (χ3n) is 5.36. The van der Waals surface area contributed by atoms with Crippen LogP contribution < -0.4 is 5.32 Å². The van der Waals surface area contributed by atoms with Gasteiger partial charge in [0.1, 0.15) is 5.82 Å². The first-order valence-corrected chi connectivity index (χ1v) is 9.99. The third-order valence-corrected chi connectivity index (χ3v) is 5.61. The van der Waals surface area contributed by atoms with E-state index in [4.69, 9.17) is 11.6 Å². The Kier molecular flexibility index (Phi) is 5.51. The van der Waals surface area contributed by atoms with Gasteiger partial charge in [-0.2, -0.15) is 0 Å². The van der Waals surface area contributed by atoms with Crippen molar-refractivity contribution < 1.29 is 5.11 Å². The minimum Gasteiger partial charge on any atom is -0.396 e. The maximum atomic E-state index is 9.18. The fourth-order valence-electron chi connectivity index (χ4n) is 3.98. The molecule has 1 atom stereocenters. The molecule has 3 aromatic rings. The van der Waals surface area contributed by atoms with E-state index in [2.05, 4.69) is 58.5 Å². The van der Waals surface area contributed by atoms with E-state index in [-0.39, 0.29) is 6.61 Å². The Hall–Kier alpha value is -2.23. The molecule has 1 unspecified atom stereocenters. The minimum absolute atomic E-state index is 0.266. The van der Waals surface area contributed by atoms with Crippen LogP contribution in [0.1, 0.15) is 24.0 Å². The quantitative estimate of drug-likeness (QED) is 0.615. The van der Waals surface area contributed by atoms with Crippen LogP contribution in [0.25, 0.3) is 11.1 Å². The van der Waals surface area contributed by atoms with Crippen molar-refractivity contribution in [1.29, 1.82) is 0 Å². The standard InChI is InChI=1S/C23H25ClN2O/c24-20-10-8-19(9-11-20)22-16-26(15-17-5-2-1-3-6-17)23-21(22)13-18(14-25-23)7-4-12-27/h1-3,5-6,8-11,16,18,25,27H,4,7,12-15H2. The van der Waals surface area contributed by atoms with Gasteiger partial charge in [-0.1, -0.05) is 54.1 Å². The second-order valence-corrected chi connectivity index (χ2v) is 7.74. The van der Waals surface area contributed by atoms with E-state index in [1.165, 1.54) is 28.1 Å². The van der Waals surface area contributed by atoms with E-state index in [0.29, 0.717) is 5.92 Å². The zero-order chi connectivity index (χ0) is 18.6. The Balaban J connectivity index is 1.70. The predicted octanol–water partition coefficient (Wildman–Crippen LogP) is 5.21. The first-order chi connectivity index (χ1) is 13.2. The second kappa shape index (κ2) is 8.20. The Morgan fingerprint density at radius 1 is 1.07 bits per heavy atom. The Bertz CT molecular complexity index is 887. The topological polar surface area (TPSA) is 37.2 Å². The van der Waals surface area contributed by atoms with Gasteiger partial charge in [0.05, 0.1) is 0 Å². The van der Waals surface area contributed by atoms with E-state index in [0.717, 1.165) is 37.4 Å². The molecule has 4 heteroatoms. The van der Waals surface area contributed by atoms with Gasteiger partial charge in [-0.25, -0.2) is 0 Å². The van der Waals surface area contributed by atoms with Gasteiger partial charge >= 0.3 is 0 Å². The number of aliphatic hydroxyl groups is 1. The minimum atomic E-state index is 0.266. The van der Waals surface area contributed by atoms with Crippen LogP contribution in [0.15, 0.2) is 60.8 Å². The average Bonchev–Trinajstić information content (AvgIpc) is 3.05. The van der Waals surface area contributed by atoms with Crippen LogP contribution in [0.3, 0.4) is 0 Å². The molecule has 0 saturated carbocycles. The van der Waals surface area contributed by atoms with Crippen molar-refractivity contribution >= 4 is 17.4 Å². The molecule has 3 nitrogen and oxygen atoms in total. The predicted molar refractivity (Wildman–Crippen MR) is 112 cm³/mol. The van der Waals surface area contributed by atoms with Crippen molar-refractivity contribution in [3.8, 4) is 11.1 Å². The number of halogens is 1. The molecule has 27 heavy (non-hydrogen) atoms. The molecule has 4 rings (SSSR count). The summed E-state index contributed by atoms with van der Waals surface area (Å²) in [5.74, 6) is 1.78. The zero-order valence-corrected chi connectivity index (χ0v) is 16.1. The number of benzene rings is 2. The van der Waals surface area contributed by atoms with Crippen molar-refractivity contribution in [3.05, 3.63) is 76.9 Å². The lowest BCUT2D eigenvalue weighted by atomic mass is 9.89. The van der Waals surface area contributed by atoms with Gasteiger partial charge < -0.3 is 15.0 Å². The highest BCUT2D eigenvalue weighted by Crippen LogP contribution is 2.38. The smallest absolute Gasteiger partial charge is 0.110 e. The van der Waals surface area contributed by atoms with Crippen LogP contribution in [0.5, 0.6) is 0 Å². The van der Waals surface area contributed by atoms with Gasteiger partial charge in [0.25, 0.3) is 0 Å². The molecule has 2 N–H and O–H groups in total. The fourth-order valence-corrected chi connectivity index (χ4v) is 4.11. The number of hydrogen-bond acceptors (Lipinski definition) is 2. The van der Waals surface area contributed by atoms with E-state index in [1.807, 2.05) is 12.1 Å². The molecule has 0 radical (unpaired) electrons. The van der Waals surface area contributed by atoms with E-state index < -0.39 is 0 Å². The Labute approximate surface area is 165 Å². The van der Waals surface area contributed by atoms with Crippen molar-refractivity contribution in [2.24, 2.45) is 5.92 Å². The van der Waals surface area contributed by atoms with Crippen LogP contribution in [0.4, 0.5) is 5.82 Å². The van der Waals surface area contributed by atoms with Crippen LogP contribution in [0.2, 0.25) is 5.02 Å². The Morgan fingerprint density at radius 3 is 2.59 bits per heavy atom. The summed E-state index contributed by atoms with van der Waals surface area (Å²) in [4.78, 5) is 0. The number of hydrogen-bond donors (Lipinski definition) is 2. The molecule has 0 amide bonds. The number of fused-ring (bicyclic) bond motifs is 1. The lowest BCUT2D eigenvalue weighted by Gasteiger charge is -2.26. The van der Waals surface area contributed by atoms with Gasteiger partial charge in [0.2, 0.25) is 0 Å². The molecule has 0 spiro atoms. The number of aliphatic hydroxyl groups excluding tert-OH is 1. The zero-order valence-electron chi connectivity index (χ0n) is 15.4. The molecule has 140 valence electrons. The van der Waals surface area contributed by atoms with Crippen molar-refractivity contribution in [2.45, 2.75) is 25.8 Å². The van der Waals surface area contributed by atoms with E-state index in [9.17, 15) is 5.11 Å². The number of anilines is 1. The summed E-state index contributed by atoms with van der Waals surface area (Å²) in [6.45, 7) is 2.08. The van der Waals surface area contributed by atoms with Crippen molar-refractivity contribution in [1.82, 2.24) is 4.57 Å². The van der Waals surface area contributed by atoms with Gasteiger partial charge in [-0.3, -0.25) is 0 Å². The van der Waals surface area contributed by atoms with Gasteiger partial charge in [0.15, 0.2) is 0 Å². The summed E-state index contributed by atoms with van der Waals surface area (Å²) in [6, 6.07) is 18.7. The Morgan fingerprint density at radius 2 is 1.85 bits per heavy atom. The first kappa shape index (κ1) is 18.1. The van der Waals surface area contributed by atoms with Crippen LogP contribution in [-0.4, -0.2) is 22.8 Å². The largest absolute Gasteiger partial charge is 0.396 e. The van der Waals surface area contributed by atoms with Crippen LogP contribution in [-0.2, 0) is 13.0 Å². The van der Waals surface area contributed by atoms with Crippen LogP contribution >= 0.6 is 11.6 Å². The molecule has 1 aliphatic heterocycles. The number of nitrogens with one attached hydrogen (secondary N) is 1. The molecule has 0 fully saturated rings. The molecular formula is C23H25ClN2O. The summed E-state index contributed by atoms with van der Waals surface area (Å²) in [5, 5.41) is 13.6. The van der Waals surface area contributed by atoms with Crippen LogP contribution in [0, 0.1) is 5.92 Å². The lowest BCUT2D eigenvalue weighted by Crippen LogP contribution is -2.24. The molecular weight excluding hydrogens is 356 g/mol. The van der Waals surface area contributed by atoms with E-state index in [1.54, 1.807) is 0 Å². The monoisotopic (exact) mass is 380 g/mol. The molecule has 0 bridgehead atoms. The molecule has 0 saturated heterocycles. The van der Waals surface area contributed by atoms with E-state index >= 15 is 0 Å². The third kappa shape index (κ3) is 4.05. The molecule has 0 aliphatic carbocycles. The average molecular weight is 381 g/mol. The molecule has 2 aromatic carbocycles. The highest BCUT2D eigenvalue weighted by atomic mass is 35.5. The maximum absolute atomic E-state index is 9.18. The maximum Gasteiger partial charge on any atom is 0.110 e. The summed E-state index contributed by atoms with van der Waals surface area (Å²) in [7, 11) is 0. The summed E-state index contributed by atoms with van der Waals surface area (Å²) < 4.78 is 2.33. The van der Waals surface area contributed by atoms with Gasteiger partial charge in [0, 0.05) is 42.0 Å². The molecule has 1 aromatic heterocycles. The highest BCUT2D eigenvalue weighted by molar-refractivity contribution is 6.30. The normalized spacial score (nSPS) is 16.0. The van der Waals surface area contributed by atoms with Gasteiger partial charge in [-0.05, 0) is 48.4 Å². The summed E-state index contributed by atoms with van der Waals surface area (Å²) >= 11 is 6.09.